The number of nitrogens with one attached hydrogen (secondary N) is 1. The van der Waals surface area contributed by atoms with Gasteiger partial charge in [-0.05, 0) is 44.9 Å². The number of aryl methyl sites for hydroxylation is 2. The normalized spacial score (nSPS) is 16.8. The van der Waals surface area contributed by atoms with Gasteiger partial charge in [0.05, 0.1) is 12.2 Å². The van der Waals surface area contributed by atoms with Gasteiger partial charge < -0.3 is 14.6 Å². The Bertz CT molecular complexity index is 904. The molecule has 0 aromatic carbocycles. The summed E-state index contributed by atoms with van der Waals surface area (Å²) in [4.78, 5) is 17.7. The maximum absolute atomic E-state index is 5.55. The molecule has 1 atom stereocenters. The molecule has 8 nitrogen and oxygen atoms in total. The number of aromatic nitrogens is 5. The monoisotopic (exact) mass is 352 g/mol. The van der Waals surface area contributed by atoms with Crippen LogP contribution in [0.4, 0.5) is 5.95 Å². The SMILES string of the molecule is Cc1ccc(-c2ccnc(NCc3noc(C4CCCO4)n3)n2)c(C)n1. The lowest BCUT2D eigenvalue weighted by Crippen LogP contribution is -2.06. The Kier molecular flexibility index (Phi) is 4.57. The smallest absolute Gasteiger partial charge is 0.255 e. The molecule has 1 aliphatic heterocycles. The maximum Gasteiger partial charge on any atom is 0.255 e. The van der Waals surface area contributed by atoms with Crippen molar-refractivity contribution < 1.29 is 9.26 Å². The fraction of sp³-hybridized carbons (Fsp3) is 0.389. The number of pyridine rings is 1. The summed E-state index contributed by atoms with van der Waals surface area (Å²) in [5.74, 6) is 1.60. The lowest BCUT2D eigenvalue weighted by molar-refractivity contribution is 0.0835. The van der Waals surface area contributed by atoms with Crippen molar-refractivity contribution in [1.29, 1.82) is 0 Å². The van der Waals surface area contributed by atoms with Gasteiger partial charge in [0.2, 0.25) is 5.95 Å². The highest BCUT2D eigenvalue weighted by Gasteiger charge is 2.23. The van der Waals surface area contributed by atoms with E-state index in [0.29, 0.717) is 24.2 Å². The fourth-order valence-corrected chi connectivity index (χ4v) is 2.95. The molecule has 4 rings (SSSR count). The van der Waals surface area contributed by atoms with Gasteiger partial charge in [0.1, 0.15) is 6.10 Å². The van der Waals surface area contributed by atoms with E-state index in [2.05, 4.69) is 30.4 Å². The fourth-order valence-electron chi connectivity index (χ4n) is 2.95. The highest BCUT2D eigenvalue weighted by atomic mass is 16.5. The summed E-state index contributed by atoms with van der Waals surface area (Å²) in [6.45, 7) is 5.07. The first-order valence-corrected chi connectivity index (χ1v) is 8.64. The Morgan fingerprint density at radius 2 is 2.08 bits per heavy atom. The van der Waals surface area contributed by atoms with Gasteiger partial charge in [0, 0.05) is 29.8 Å². The van der Waals surface area contributed by atoms with E-state index in [4.69, 9.17) is 9.26 Å². The number of hydrogen-bond donors (Lipinski definition) is 1. The van der Waals surface area contributed by atoms with E-state index < -0.39 is 0 Å². The maximum atomic E-state index is 5.55. The van der Waals surface area contributed by atoms with Gasteiger partial charge in [-0.2, -0.15) is 4.98 Å². The van der Waals surface area contributed by atoms with Crippen molar-refractivity contribution in [2.45, 2.75) is 39.3 Å². The third kappa shape index (κ3) is 3.55. The number of ether oxygens (including phenoxy) is 1. The quantitative estimate of drug-likeness (QED) is 0.748. The Morgan fingerprint density at radius 3 is 2.88 bits per heavy atom. The molecule has 134 valence electrons. The molecule has 1 unspecified atom stereocenters. The van der Waals surface area contributed by atoms with Gasteiger partial charge in [-0.25, -0.2) is 9.97 Å². The van der Waals surface area contributed by atoms with Crippen LogP contribution in [0.1, 0.15) is 42.0 Å². The molecule has 0 saturated carbocycles. The predicted molar refractivity (Wildman–Crippen MR) is 94.3 cm³/mol. The number of nitrogens with zero attached hydrogens (tertiary/aromatic N) is 5. The largest absolute Gasteiger partial charge is 0.368 e. The van der Waals surface area contributed by atoms with E-state index in [1.165, 1.54) is 0 Å². The second-order valence-corrected chi connectivity index (χ2v) is 6.26. The van der Waals surface area contributed by atoms with E-state index in [-0.39, 0.29) is 6.10 Å². The van der Waals surface area contributed by atoms with Crippen molar-refractivity contribution in [2.24, 2.45) is 0 Å². The Hall–Kier alpha value is -2.87. The summed E-state index contributed by atoms with van der Waals surface area (Å²) in [5.41, 5.74) is 3.73. The molecular formula is C18H20N6O2. The van der Waals surface area contributed by atoms with Crippen LogP contribution in [0.2, 0.25) is 0 Å². The highest BCUT2D eigenvalue weighted by molar-refractivity contribution is 5.62. The molecule has 0 amide bonds. The van der Waals surface area contributed by atoms with E-state index in [1.54, 1.807) is 6.20 Å². The molecule has 1 aliphatic rings. The van der Waals surface area contributed by atoms with Crippen molar-refractivity contribution in [3.8, 4) is 11.3 Å². The Morgan fingerprint density at radius 1 is 1.15 bits per heavy atom. The zero-order valence-electron chi connectivity index (χ0n) is 14.8. The average Bonchev–Trinajstić information content (AvgIpc) is 3.32. The molecule has 0 radical (unpaired) electrons. The first-order chi connectivity index (χ1) is 12.7. The minimum atomic E-state index is -0.0761. The van der Waals surface area contributed by atoms with Crippen LogP contribution in [0.3, 0.4) is 0 Å². The van der Waals surface area contributed by atoms with E-state index >= 15 is 0 Å². The number of anilines is 1. The lowest BCUT2D eigenvalue weighted by atomic mass is 10.1. The van der Waals surface area contributed by atoms with Gasteiger partial charge in [0.25, 0.3) is 5.89 Å². The molecule has 1 fully saturated rings. The molecule has 3 aromatic heterocycles. The van der Waals surface area contributed by atoms with Crippen LogP contribution in [0.25, 0.3) is 11.3 Å². The van der Waals surface area contributed by atoms with Gasteiger partial charge in [-0.15, -0.1) is 0 Å². The van der Waals surface area contributed by atoms with Gasteiger partial charge in [0.15, 0.2) is 5.82 Å². The van der Waals surface area contributed by atoms with Gasteiger partial charge >= 0.3 is 0 Å². The lowest BCUT2D eigenvalue weighted by Gasteiger charge is -2.07. The van der Waals surface area contributed by atoms with Crippen molar-refractivity contribution in [2.75, 3.05) is 11.9 Å². The standard InChI is InChI=1S/C18H20N6O2/c1-11-5-6-13(12(2)21-11)14-7-8-19-18(22-14)20-10-16-23-17(26-24-16)15-4-3-9-25-15/h5-8,15H,3-4,9-10H2,1-2H3,(H,19,20,22). The third-order valence-electron chi connectivity index (χ3n) is 4.25. The molecule has 8 heteroatoms. The molecule has 26 heavy (non-hydrogen) atoms. The molecule has 0 bridgehead atoms. The van der Waals surface area contributed by atoms with Crippen LogP contribution in [-0.2, 0) is 11.3 Å². The van der Waals surface area contributed by atoms with Crippen molar-refractivity contribution in [3.63, 3.8) is 0 Å². The highest BCUT2D eigenvalue weighted by Crippen LogP contribution is 2.27. The molecular weight excluding hydrogens is 332 g/mol. The van der Waals surface area contributed by atoms with E-state index in [1.807, 2.05) is 32.0 Å². The number of hydrogen-bond acceptors (Lipinski definition) is 8. The molecule has 0 spiro atoms. The minimum Gasteiger partial charge on any atom is -0.368 e. The van der Waals surface area contributed by atoms with Crippen LogP contribution in [0.5, 0.6) is 0 Å². The molecule has 4 heterocycles. The Balaban J connectivity index is 1.45. The summed E-state index contributed by atoms with van der Waals surface area (Å²) in [7, 11) is 0. The minimum absolute atomic E-state index is 0.0761. The van der Waals surface area contributed by atoms with Crippen LogP contribution in [0.15, 0.2) is 28.9 Å². The second kappa shape index (κ2) is 7.17. The van der Waals surface area contributed by atoms with Crippen molar-refractivity contribution in [3.05, 3.63) is 47.5 Å². The van der Waals surface area contributed by atoms with Gasteiger partial charge in [-0.3, -0.25) is 4.98 Å². The topological polar surface area (TPSA) is 98.9 Å². The molecule has 0 aliphatic carbocycles. The average molecular weight is 352 g/mol. The van der Waals surface area contributed by atoms with Crippen LogP contribution >= 0.6 is 0 Å². The van der Waals surface area contributed by atoms with Crippen LogP contribution in [0, 0.1) is 13.8 Å². The zero-order valence-corrected chi connectivity index (χ0v) is 14.8. The first kappa shape index (κ1) is 16.6. The van der Waals surface area contributed by atoms with Crippen molar-refractivity contribution >= 4 is 5.95 Å². The Labute approximate surface area is 151 Å². The van der Waals surface area contributed by atoms with Crippen molar-refractivity contribution in [1.82, 2.24) is 25.1 Å². The second-order valence-electron chi connectivity index (χ2n) is 6.26. The number of rotatable bonds is 5. The summed E-state index contributed by atoms with van der Waals surface area (Å²) < 4.78 is 10.8. The summed E-state index contributed by atoms with van der Waals surface area (Å²) >= 11 is 0. The van der Waals surface area contributed by atoms with E-state index in [0.717, 1.165) is 42.1 Å². The summed E-state index contributed by atoms with van der Waals surface area (Å²) in [6.07, 6.45) is 3.59. The molecule has 1 N–H and O–H groups in total. The molecule has 1 saturated heterocycles. The first-order valence-electron chi connectivity index (χ1n) is 8.64. The predicted octanol–water partition coefficient (Wildman–Crippen LogP) is 3.00. The zero-order chi connectivity index (χ0) is 17.9. The van der Waals surface area contributed by atoms with E-state index in [9.17, 15) is 0 Å². The van der Waals surface area contributed by atoms with Crippen LogP contribution < -0.4 is 5.32 Å². The third-order valence-corrected chi connectivity index (χ3v) is 4.25. The molecule has 3 aromatic rings. The summed E-state index contributed by atoms with van der Waals surface area (Å²) in [6, 6.07) is 5.87. The van der Waals surface area contributed by atoms with Crippen LogP contribution in [-0.4, -0.2) is 31.7 Å². The summed E-state index contributed by atoms with van der Waals surface area (Å²) in [5, 5.41) is 7.12. The van der Waals surface area contributed by atoms with Gasteiger partial charge in [-0.1, -0.05) is 5.16 Å².